The van der Waals surface area contributed by atoms with Crippen LogP contribution in [0.3, 0.4) is 0 Å². The summed E-state index contributed by atoms with van der Waals surface area (Å²) in [6.45, 7) is 10.2. The molecule has 4 saturated heterocycles. The van der Waals surface area contributed by atoms with Crippen LogP contribution in [0.5, 0.6) is 0 Å². The molecular formula is C45H76O17. The normalized spacial score (nSPS) is 55.8. The largest absolute Gasteiger partial charge is 0.394 e. The highest BCUT2D eigenvalue weighted by atomic mass is 16.8. The van der Waals surface area contributed by atoms with Crippen molar-refractivity contribution in [3.8, 4) is 0 Å². The molecule has 17 heteroatoms. The molecule has 1 unspecified atom stereocenters. The molecule has 0 aromatic carbocycles. The van der Waals surface area contributed by atoms with Gasteiger partial charge in [-0.1, -0.05) is 27.7 Å². The van der Waals surface area contributed by atoms with Gasteiger partial charge in [-0.15, -0.1) is 0 Å². The van der Waals surface area contributed by atoms with Crippen molar-refractivity contribution in [2.45, 2.75) is 209 Å². The second kappa shape index (κ2) is 18.8. The molecule has 10 N–H and O–H groups in total. The zero-order valence-corrected chi connectivity index (χ0v) is 37.0. The summed E-state index contributed by atoms with van der Waals surface area (Å²) in [5.41, 5.74) is 0.329. The molecule has 62 heavy (non-hydrogen) atoms. The molecule has 0 aromatic rings. The van der Waals surface area contributed by atoms with Gasteiger partial charge in [0.15, 0.2) is 18.9 Å². The summed E-state index contributed by atoms with van der Waals surface area (Å²) in [6.07, 6.45) is -9.85. The topological polar surface area (TPSA) is 267 Å². The third kappa shape index (κ3) is 8.47. The molecule has 0 spiro atoms. The Balaban J connectivity index is 0.854. The van der Waals surface area contributed by atoms with Crippen molar-refractivity contribution in [2.24, 2.45) is 52.3 Å². The van der Waals surface area contributed by atoms with Gasteiger partial charge in [0.25, 0.3) is 0 Å². The number of aliphatic hydroxyl groups is 10. The van der Waals surface area contributed by atoms with Crippen molar-refractivity contribution in [3.05, 3.63) is 0 Å². The van der Waals surface area contributed by atoms with Crippen molar-refractivity contribution in [1.82, 2.24) is 0 Å². The number of hydrogen-bond donors (Lipinski definition) is 10. The van der Waals surface area contributed by atoms with Gasteiger partial charge < -0.3 is 84.2 Å². The van der Waals surface area contributed by atoms with Crippen LogP contribution in [0.2, 0.25) is 0 Å². The number of fused-ring (bicyclic) bond motifs is 7. The predicted octanol–water partition coefficient (Wildman–Crippen LogP) is -0.0716. The summed E-state index contributed by atoms with van der Waals surface area (Å²) in [7, 11) is 0. The first-order chi connectivity index (χ1) is 29.4. The summed E-state index contributed by atoms with van der Waals surface area (Å²) >= 11 is 0. The Labute approximate surface area is 364 Å². The zero-order valence-electron chi connectivity index (χ0n) is 37.0. The summed E-state index contributed by atoms with van der Waals surface area (Å²) in [5.74, 6) is 3.24. The van der Waals surface area contributed by atoms with Crippen molar-refractivity contribution in [3.63, 3.8) is 0 Å². The van der Waals surface area contributed by atoms with Crippen molar-refractivity contribution < 1.29 is 84.2 Å². The van der Waals surface area contributed by atoms with E-state index in [2.05, 4.69) is 27.7 Å². The Kier molecular flexibility index (Phi) is 14.5. The van der Waals surface area contributed by atoms with E-state index >= 15 is 0 Å². The maximum Gasteiger partial charge on any atom is 0.187 e. The van der Waals surface area contributed by atoms with Gasteiger partial charge in [-0.2, -0.15) is 0 Å². The molecule has 0 radical (unpaired) electrons. The molecule has 0 amide bonds. The maximum absolute atomic E-state index is 11.2. The Hall–Kier alpha value is -0.680. The molecule has 0 aromatic heterocycles. The highest BCUT2D eigenvalue weighted by Crippen LogP contribution is 2.70. The summed E-state index contributed by atoms with van der Waals surface area (Å²) in [4.78, 5) is 0. The second-order valence-corrected chi connectivity index (χ2v) is 21.3. The van der Waals surface area contributed by atoms with Crippen molar-refractivity contribution >= 4 is 0 Å². The number of hydrogen-bond acceptors (Lipinski definition) is 17. The van der Waals surface area contributed by atoms with Gasteiger partial charge in [0.1, 0.15) is 67.1 Å². The summed E-state index contributed by atoms with van der Waals surface area (Å²) in [6, 6.07) is 0. The fourth-order valence-electron chi connectivity index (χ4n) is 14.1. The van der Waals surface area contributed by atoms with E-state index in [1.165, 1.54) is 19.8 Å². The van der Waals surface area contributed by atoms with Gasteiger partial charge in [0.2, 0.25) is 0 Å². The van der Waals surface area contributed by atoms with Gasteiger partial charge in [0, 0.05) is 0 Å². The van der Waals surface area contributed by atoms with E-state index in [0.717, 1.165) is 51.4 Å². The highest BCUT2D eigenvalue weighted by Gasteiger charge is 2.66. The first-order valence-corrected chi connectivity index (χ1v) is 23.6. The Morgan fingerprint density at radius 3 is 1.97 bits per heavy atom. The van der Waals surface area contributed by atoms with E-state index < -0.39 is 105 Å². The lowest BCUT2D eigenvalue weighted by molar-refractivity contribution is -0.371. The number of aliphatic hydroxyl groups excluding tert-OH is 10. The van der Waals surface area contributed by atoms with Crippen LogP contribution in [0.15, 0.2) is 0 Å². The molecule has 8 aliphatic rings. The second-order valence-electron chi connectivity index (χ2n) is 21.3. The quantitative estimate of drug-likeness (QED) is 0.115. The molecule has 4 aliphatic heterocycles. The minimum absolute atomic E-state index is 0.129. The van der Waals surface area contributed by atoms with Crippen LogP contribution in [0.25, 0.3) is 0 Å². The van der Waals surface area contributed by atoms with Crippen LogP contribution >= 0.6 is 0 Å². The minimum Gasteiger partial charge on any atom is -0.394 e. The van der Waals surface area contributed by atoms with Crippen LogP contribution in [0.4, 0.5) is 0 Å². The Morgan fingerprint density at radius 1 is 0.613 bits per heavy atom. The average molecular weight is 889 g/mol. The van der Waals surface area contributed by atoms with Crippen molar-refractivity contribution in [2.75, 3.05) is 19.8 Å². The average Bonchev–Trinajstić information content (AvgIpc) is 3.74. The number of rotatable bonds is 12. The standard InChI is InChI=1S/C45H76O17/c1-19(18-56-41-38(54)36(52)33(49)29(16-46)60-41)6-9-27-20(2)31-28(59-27)15-26-24-8-7-22-14-23(10-12-44(22,4)25(24)11-13-45(26,31)5)58-43-40(37(53)34(50)30(17-47)61-43)62-42-39(55)35(51)32(48)21(3)57-42/h19-43,46-55H,6-18H2,1-5H3/t19-,20-,21+,22+,23+,24-,25+,26+,27?,28+,29-,30-,31+,32+,33-,34-,35-,36+,37+,38-,39-,40-,41-,42+,43-,44+,45+/m1/s1. The fourth-order valence-corrected chi connectivity index (χ4v) is 14.1. The lowest BCUT2D eigenvalue weighted by atomic mass is 9.44. The van der Waals surface area contributed by atoms with Gasteiger partial charge >= 0.3 is 0 Å². The van der Waals surface area contributed by atoms with Gasteiger partial charge in [0.05, 0.1) is 44.2 Å². The SMILES string of the molecule is C[C@H](CCC1O[C@H]2C[C@H]3[C@@H]4CC[C@H]5C[C@@H](O[C@@H]6O[C@H](CO)[C@@H](O)[C@H](O)[C@H]6O[C@@H]6O[C@@H](C)[C@H](O)[C@@H](O)[C@H]6O)CC[C@]5(C)[C@H]4CC[C@]3(C)[C@H]2[C@@H]1C)CO[C@@H]1O[C@H](CO)[C@@H](O)[C@H](O)[C@H]1O. The fraction of sp³-hybridized carbons (Fsp3) is 1.00. The molecule has 17 nitrogen and oxygen atoms in total. The van der Waals surface area contributed by atoms with Crippen LogP contribution in [0, 0.1) is 52.3 Å². The van der Waals surface area contributed by atoms with Crippen LogP contribution in [0.1, 0.15) is 98.8 Å². The molecule has 4 aliphatic carbocycles. The lowest BCUT2D eigenvalue weighted by Crippen LogP contribution is -2.64. The van der Waals surface area contributed by atoms with Gasteiger partial charge in [-0.3, -0.25) is 0 Å². The lowest BCUT2D eigenvalue weighted by Gasteiger charge is -2.61. The van der Waals surface area contributed by atoms with Crippen molar-refractivity contribution in [1.29, 1.82) is 0 Å². The minimum atomic E-state index is -1.63. The Bertz CT molecular complexity index is 1490. The molecule has 4 heterocycles. The van der Waals surface area contributed by atoms with E-state index in [0.29, 0.717) is 42.1 Å². The number of ether oxygens (including phenoxy) is 7. The first kappa shape index (κ1) is 47.8. The van der Waals surface area contributed by atoms with Crippen LogP contribution in [-0.2, 0) is 33.2 Å². The Morgan fingerprint density at radius 2 is 1.26 bits per heavy atom. The maximum atomic E-state index is 11.2. The van der Waals surface area contributed by atoms with E-state index in [-0.39, 0.29) is 35.1 Å². The molecule has 8 rings (SSSR count). The summed E-state index contributed by atoms with van der Waals surface area (Å²) in [5, 5.41) is 103. The smallest absolute Gasteiger partial charge is 0.187 e. The molecule has 0 bridgehead atoms. The first-order valence-electron chi connectivity index (χ1n) is 23.6. The van der Waals surface area contributed by atoms with E-state index in [4.69, 9.17) is 33.2 Å². The van der Waals surface area contributed by atoms with Crippen LogP contribution in [-0.4, -0.2) is 181 Å². The van der Waals surface area contributed by atoms with E-state index in [1.54, 1.807) is 0 Å². The third-order valence-electron chi connectivity index (χ3n) is 17.8. The highest BCUT2D eigenvalue weighted by molar-refractivity contribution is 5.14. The molecule has 358 valence electrons. The van der Waals surface area contributed by atoms with E-state index in [9.17, 15) is 51.1 Å². The molecule has 27 atom stereocenters. The van der Waals surface area contributed by atoms with Crippen LogP contribution < -0.4 is 0 Å². The molecule has 8 fully saturated rings. The predicted molar refractivity (Wildman–Crippen MR) is 216 cm³/mol. The summed E-state index contributed by atoms with van der Waals surface area (Å²) < 4.78 is 42.6. The molecular weight excluding hydrogens is 812 g/mol. The van der Waals surface area contributed by atoms with Gasteiger partial charge in [-0.25, -0.2) is 0 Å². The monoisotopic (exact) mass is 889 g/mol. The van der Waals surface area contributed by atoms with E-state index in [1.807, 2.05) is 0 Å². The zero-order chi connectivity index (χ0) is 44.6. The van der Waals surface area contributed by atoms with Gasteiger partial charge in [-0.05, 0) is 123 Å². The third-order valence-corrected chi connectivity index (χ3v) is 17.8. The molecule has 4 saturated carbocycles.